The Morgan fingerprint density at radius 3 is 2.64 bits per heavy atom. The Kier molecular flexibility index (Phi) is 4.11. The molecular weight excluding hydrogens is 278 g/mol. The first kappa shape index (κ1) is 14.2. The average molecular weight is 295 g/mol. The number of ether oxygens (including phenoxy) is 1. The highest BCUT2D eigenvalue weighted by molar-refractivity contribution is 5.60. The highest BCUT2D eigenvalue weighted by Crippen LogP contribution is 2.20. The van der Waals surface area contributed by atoms with Crippen molar-refractivity contribution < 1.29 is 4.74 Å². The maximum absolute atomic E-state index is 5.19. The number of aromatic amines is 1. The van der Waals surface area contributed by atoms with Crippen molar-refractivity contribution in [2.24, 2.45) is 0 Å². The molecule has 112 valence electrons. The van der Waals surface area contributed by atoms with E-state index in [1.54, 1.807) is 7.11 Å². The van der Waals surface area contributed by atoms with Gasteiger partial charge >= 0.3 is 0 Å². The second-order valence-corrected chi connectivity index (χ2v) is 4.92. The fourth-order valence-corrected chi connectivity index (χ4v) is 2.12. The molecule has 0 spiro atoms. The van der Waals surface area contributed by atoms with Crippen molar-refractivity contribution in [2.75, 3.05) is 12.4 Å². The van der Waals surface area contributed by atoms with E-state index in [2.05, 4.69) is 25.5 Å². The number of aromatic nitrogens is 4. The lowest BCUT2D eigenvalue weighted by Crippen LogP contribution is -2.02. The van der Waals surface area contributed by atoms with E-state index in [0.29, 0.717) is 18.2 Å². The quantitative estimate of drug-likeness (QED) is 0.756. The summed E-state index contributed by atoms with van der Waals surface area (Å²) in [6.07, 6.45) is 0. The van der Waals surface area contributed by atoms with Gasteiger partial charge in [0, 0.05) is 24.8 Å². The third kappa shape index (κ3) is 3.29. The molecule has 0 aliphatic heterocycles. The van der Waals surface area contributed by atoms with E-state index in [9.17, 15) is 0 Å². The van der Waals surface area contributed by atoms with E-state index in [0.717, 1.165) is 22.8 Å². The minimum absolute atomic E-state index is 0.430. The predicted molar refractivity (Wildman–Crippen MR) is 84.8 cm³/mol. The summed E-state index contributed by atoms with van der Waals surface area (Å²) < 4.78 is 5.19. The molecule has 2 N–H and O–H groups in total. The predicted octanol–water partition coefficient (Wildman–Crippen LogP) is 3.07. The number of hydrogen-bond donors (Lipinski definition) is 2. The van der Waals surface area contributed by atoms with Crippen LogP contribution in [-0.4, -0.2) is 27.3 Å². The van der Waals surface area contributed by atoms with Gasteiger partial charge in [0.1, 0.15) is 11.6 Å². The lowest BCUT2D eigenvalue weighted by molar-refractivity contribution is 0.181. The molecule has 0 saturated carbocycles. The molecule has 2 aromatic heterocycles. The molecule has 22 heavy (non-hydrogen) atoms. The number of benzene rings is 1. The van der Waals surface area contributed by atoms with Crippen LogP contribution >= 0.6 is 0 Å². The van der Waals surface area contributed by atoms with Crippen LogP contribution in [0.25, 0.3) is 11.4 Å². The van der Waals surface area contributed by atoms with Crippen LogP contribution in [0.3, 0.4) is 0 Å². The van der Waals surface area contributed by atoms with Crippen LogP contribution in [0, 0.1) is 6.92 Å². The van der Waals surface area contributed by atoms with E-state index in [-0.39, 0.29) is 0 Å². The molecule has 0 radical (unpaired) electrons. The lowest BCUT2D eigenvalue weighted by atomic mass is 10.2. The van der Waals surface area contributed by atoms with Gasteiger partial charge < -0.3 is 10.1 Å². The molecule has 0 unspecified atom stereocenters. The molecule has 3 rings (SSSR count). The number of hydrogen-bond acceptors (Lipinski definition) is 5. The van der Waals surface area contributed by atoms with Crippen LogP contribution in [-0.2, 0) is 11.3 Å². The zero-order valence-corrected chi connectivity index (χ0v) is 12.5. The van der Waals surface area contributed by atoms with Crippen LogP contribution in [0.2, 0.25) is 0 Å². The van der Waals surface area contributed by atoms with Crippen molar-refractivity contribution in [1.82, 2.24) is 20.2 Å². The van der Waals surface area contributed by atoms with Crippen molar-refractivity contribution >= 4 is 11.6 Å². The normalized spacial score (nSPS) is 10.6. The third-order valence-electron chi connectivity index (χ3n) is 3.07. The summed E-state index contributed by atoms with van der Waals surface area (Å²) in [5.41, 5.74) is 2.69. The monoisotopic (exact) mass is 295 g/mol. The molecule has 0 fully saturated rings. The molecular formula is C16H17N5O. The molecule has 0 bridgehead atoms. The standard InChI is InChI=1S/C16H17N5O/c1-11-8-15(21-20-11)18-14-9-13(10-22-2)17-16(19-14)12-6-4-3-5-7-12/h3-9H,10H2,1-2H3,(H2,17,18,19,20,21). The number of H-pyrrole nitrogens is 1. The van der Waals surface area contributed by atoms with Gasteiger partial charge in [0.05, 0.1) is 18.0 Å². The second kappa shape index (κ2) is 6.36. The van der Waals surface area contributed by atoms with Crippen LogP contribution in [0.15, 0.2) is 42.5 Å². The highest BCUT2D eigenvalue weighted by Gasteiger charge is 2.08. The Balaban J connectivity index is 1.96. The van der Waals surface area contributed by atoms with Gasteiger partial charge in [-0.15, -0.1) is 0 Å². The summed E-state index contributed by atoms with van der Waals surface area (Å²) in [6, 6.07) is 13.6. The maximum atomic E-state index is 5.19. The van der Waals surface area contributed by atoms with Gasteiger partial charge in [-0.25, -0.2) is 9.97 Å². The maximum Gasteiger partial charge on any atom is 0.161 e. The highest BCUT2D eigenvalue weighted by atomic mass is 16.5. The van der Waals surface area contributed by atoms with Gasteiger partial charge in [0.15, 0.2) is 5.82 Å². The summed E-state index contributed by atoms with van der Waals surface area (Å²) >= 11 is 0. The first-order valence-electron chi connectivity index (χ1n) is 6.96. The van der Waals surface area contributed by atoms with Crippen molar-refractivity contribution in [2.45, 2.75) is 13.5 Å². The zero-order chi connectivity index (χ0) is 15.4. The molecule has 0 aliphatic carbocycles. The van der Waals surface area contributed by atoms with Gasteiger partial charge in [-0.05, 0) is 6.92 Å². The van der Waals surface area contributed by atoms with Crippen molar-refractivity contribution in [1.29, 1.82) is 0 Å². The van der Waals surface area contributed by atoms with Gasteiger partial charge in [0.2, 0.25) is 0 Å². The topological polar surface area (TPSA) is 75.7 Å². The Labute approximate surface area is 128 Å². The zero-order valence-electron chi connectivity index (χ0n) is 12.5. The minimum Gasteiger partial charge on any atom is -0.378 e. The van der Waals surface area contributed by atoms with Crippen LogP contribution in [0.5, 0.6) is 0 Å². The van der Waals surface area contributed by atoms with Crippen molar-refractivity contribution in [3.8, 4) is 11.4 Å². The van der Waals surface area contributed by atoms with E-state index >= 15 is 0 Å². The molecule has 2 heterocycles. The molecule has 6 nitrogen and oxygen atoms in total. The Hall–Kier alpha value is -2.73. The van der Waals surface area contributed by atoms with Crippen LogP contribution in [0.4, 0.5) is 11.6 Å². The summed E-state index contributed by atoms with van der Waals surface area (Å²) in [4.78, 5) is 9.10. The number of aryl methyl sites for hydroxylation is 1. The van der Waals surface area contributed by atoms with Gasteiger partial charge in [-0.3, -0.25) is 5.10 Å². The van der Waals surface area contributed by atoms with E-state index in [1.165, 1.54) is 0 Å². The number of rotatable bonds is 5. The largest absolute Gasteiger partial charge is 0.378 e. The van der Waals surface area contributed by atoms with Gasteiger partial charge in [-0.2, -0.15) is 5.10 Å². The van der Waals surface area contributed by atoms with Gasteiger partial charge in [-0.1, -0.05) is 30.3 Å². The van der Waals surface area contributed by atoms with Crippen molar-refractivity contribution in [3.63, 3.8) is 0 Å². The van der Waals surface area contributed by atoms with E-state index in [1.807, 2.05) is 49.4 Å². The summed E-state index contributed by atoms with van der Waals surface area (Å²) in [5.74, 6) is 2.15. The van der Waals surface area contributed by atoms with Gasteiger partial charge in [0.25, 0.3) is 0 Å². The Morgan fingerprint density at radius 1 is 1.14 bits per heavy atom. The summed E-state index contributed by atoms with van der Waals surface area (Å²) in [7, 11) is 1.65. The molecule has 0 saturated heterocycles. The molecule has 0 atom stereocenters. The lowest BCUT2D eigenvalue weighted by Gasteiger charge is -2.08. The van der Waals surface area contributed by atoms with Crippen molar-refractivity contribution in [3.05, 3.63) is 53.9 Å². The molecule has 6 heteroatoms. The number of nitrogens with zero attached hydrogens (tertiary/aromatic N) is 3. The first-order chi connectivity index (χ1) is 10.7. The molecule has 1 aromatic carbocycles. The summed E-state index contributed by atoms with van der Waals surface area (Å²) in [6.45, 7) is 2.35. The smallest absolute Gasteiger partial charge is 0.161 e. The fraction of sp³-hybridized carbons (Fsp3) is 0.188. The molecule has 0 amide bonds. The number of nitrogens with one attached hydrogen (secondary N) is 2. The van der Waals surface area contributed by atoms with E-state index < -0.39 is 0 Å². The molecule has 3 aromatic rings. The average Bonchev–Trinajstić information content (AvgIpc) is 2.93. The number of anilines is 2. The third-order valence-corrected chi connectivity index (χ3v) is 3.07. The second-order valence-electron chi connectivity index (χ2n) is 4.92. The Morgan fingerprint density at radius 2 is 1.95 bits per heavy atom. The molecule has 0 aliphatic rings. The Bertz CT molecular complexity index is 754. The van der Waals surface area contributed by atoms with E-state index in [4.69, 9.17) is 4.74 Å². The summed E-state index contributed by atoms with van der Waals surface area (Å²) in [5, 5.41) is 10.2. The SMILES string of the molecule is COCc1cc(Nc2cc(C)n[nH]2)nc(-c2ccccc2)n1. The van der Waals surface area contributed by atoms with Crippen LogP contribution in [0.1, 0.15) is 11.4 Å². The first-order valence-corrected chi connectivity index (χ1v) is 6.96. The fourth-order valence-electron chi connectivity index (χ4n) is 2.12. The van der Waals surface area contributed by atoms with Crippen LogP contribution < -0.4 is 5.32 Å². The minimum atomic E-state index is 0.430. The number of methoxy groups -OCH3 is 1.